The van der Waals surface area contributed by atoms with Crippen LogP contribution in [0.3, 0.4) is 0 Å². The molecule has 1 aliphatic carbocycles. The van der Waals surface area contributed by atoms with Gasteiger partial charge in [-0.25, -0.2) is 0 Å². The molecular formula is C14H27N. The quantitative estimate of drug-likeness (QED) is 0.497. The summed E-state index contributed by atoms with van der Waals surface area (Å²) in [5.74, 6) is 1.93. The molecule has 1 nitrogen and oxygen atoms in total. The Labute approximate surface area is 95.3 Å². The lowest BCUT2D eigenvalue weighted by atomic mass is 9.76. The summed E-state index contributed by atoms with van der Waals surface area (Å²) in [4.78, 5) is 0. The van der Waals surface area contributed by atoms with E-state index in [2.05, 4.69) is 24.9 Å². The Kier molecular flexibility index (Phi) is 6.74. The van der Waals surface area contributed by atoms with Crippen molar-refractivity contribution in [3.05, 3.63) is 12.7 Å². The molecule has 1 heteroatoms. The van der Waals surface area contributed by atoms with Gasteiger partial charge in [0.2, 0.25) is 0 Å². The van der Waals surface area contributed by atoms with Crippen LogP contribution in [-0.2, 0) is 0 Å². The summed E-state index contributed by atoms with van der Waals surface area (Å²) in [5, 5.41) is 3.52. The van der Waals surface area contributed by atoms with Crippen molar-refractivity contribution in [2.24, 2.45) is 11.8 Å². The van der Waals surface area contributed by atoms with Crippen LogP contribution in [0.25, 0.3) is 0 Å². The highest BCUT2D eigenvalue weighted by molar-refractivity contribution is 4.78. The van der Waals surface area contributed by atoms with E-state index in [1.807, 2.05) is 0 Å². The SMILES string of the molecule is C=CCCCC1CCCCC1CNCC. The van der Waals surface area contributed by atoms with Gasteiger partial charge in [0, 0.05) is 0 Å². The molecule has 0 aromatic rings. The van der Waals surface area contributed by atoms with Crippen LogP contribution in [0.4, 0.5) is 0 Å². The lowest BCUT2D eigenvalue weighted by Crippen LogP contribution is -2.30. The van der Waals surface area contributed by atoms with Gasteiger partial charge < -0.3 is 5.32 Å². The van der Waals surface area contributed by atoms with E-state index >= 15 is 0 Å². The van der Waals surface area contributed by atoms with Gasteiger partial charge in [-0.3, -0.25) is 0 Å². The number of allylic oxidation sites excluding steroid dienone is 1. The van der Waals surface area contributed by atoms with Crippen molar-refractivity contribution in [3.8, 4) is 0 Å². The van der Waals surface area contributed by atoms with Crippen LogP contribution in [0.15, 0.2) is 12.7 Å². The Morgan fingerprint density at radius 1 is 1.27 bits per heavy atom. The number of nitrogens with one attached hydrogen (secondary N) is 1. The number of unbranched alkanes of at least 4 members (excludes halogenated alkanes) is 1. The van der Waals surface area contributed by atoms with Crippen molar-refractivity contribution in [2.45, 2.75) is 51.9 Å². The first-order chi connectivity index (χ1) is 7.38. The van der Waals surface area contributed by atoms with E-state index in [1.165, 1.54) is 51.5 Å². The summed E-state index contributed by atoms with van der Waals surface area (Å²) in [6.45, 7) is 8.37. The van der Waals surface area contributed by atoms with Gasteiger partial charge in [0.1, 0.15) is 0 Å². The van der Waals surface area contributed by atoms with Crippen LogP contribution >= 0.6 is 0 Å². The Hall–Kier alpha value is -0.300. The number of hydrogen-bond acceptors (Lipinski definition) is 1. The van der Waals surface area contributed by atoms with Crippen LogP contribution in [0.5, 0.6) is 0 Å². The molecule has 0 amide bonds. The second-order valence-electron chi connectivity index (χ2n) is 4.83. The van der Waals surface area contributed by atoms with Gasteiger partial charge in [0.25, 0.3) is 0 Å². The van der Waals surface area contributed by atoms with E-state index < -0.39 is 0 Å². The highest BCUT2D eigenvalue weighted by Gasteiger charge is 2.23. The predicted molar refractivity (Wildman–Crippen MR) is 68.0 cm³/mol. The first-order valence-electron chi connectivity index (χ1n) is 6.70. The Morgan fingerprint density at radius 3 is 2.67 bits per heavy atom. The molecule has 0 aromatic carbocycles. The van der Waals surface area contributed by atoms with Gasteiger partial charge in [-0.05, 0) is 50.6 Å². The average molecular weight is 209 g/mol. The van der Waals surface area contributed by atoms with E-state index in [0.717, 1.165) is 18.4 Å². The molecule has 0 aliphatic heterocycles. The average Bonchev–Trinajstić information content (AvgIpc) is 2.28. The molecule has 2 atom stereocenters. The molecule has 15 heavy (non-hydrogen) atoms. The topological polar surface area (TPSA) is 12.0 Å². The smallest absolute Gasteiger partial charge is 0.00180 e. The molecule has 0 radical (unpaired) electrons. The molecule has 1 fully saturated rings. The van der Waals surface area contributed by atoms with Crippen molar-refractivity contribution in [3.63, 3.8) is 0 Å². The summed E-state index contributed by atoms with van der Waals surface area (Å²) in [6, 6.07) is 0. The first kappa shape index (κ1) is 12.8. The molecule has 0 spiro atoms. The van der Waals surface area contributed by atoms with Crippen molar-refractivity contribution in [1.82, 2.24) is 5.32 Å². The standard InChI is InChI=1S/C14H27N/c1-3-5-6-9-13-10-7-8-11-14(13)12-15-4-2/h3,13-15H,1,4-12H2,2H3. The zero-order chi connectivity index (χ0) is 10.9. The summed E-state index contributed by atoms with van der Waals surface area (Å²) in [6.07, 6.45) is 11.8. The van der Waals surface area contributed by atoms with Crippen LogP contribution in [-0.4, -0.2) is 13.1 Å². The van der Waals surface area contributed by atoms with E-state index in [9.17, 15) is 0 Å². The molecular weight excluding hydrogens is 182 g/mol. The molecule has 1 rings (SSSR count). The minimum Gasteiger partial charge on any atom is -0.317 e. The van der Waals surface area contributed by atoms with E-state index in [4.69, 9.17) is 0 Å². The fourth-order valence-corrected chi connectivity index (χ4v) is 2.79. The Bertz CT molecular complexity index is 165. The number of hydrogen-bond donors (Lipinski definition) is 1. The summed E-state index contributed by atoms with van der Waals surface area (Å²) < 4.78 is 0. The van der Waals surface area contributed by atoms with Gasteiger partial charge in [-0.15, -0.1) is 6.58 Å². The molecule has 0 heterocycles. The normalized spacial score (nSPS) is 26.5. The minimum absolute atomic E-state index is 0.948. The van der Waals surface area contributed by atoms with Crippen LogP contribution in [0.1, 0.15) is 51.9 Å². The largest absolute Gasteiger partial charge is 0.317 e. The maximum atomic E-state index is 3.80. The molecule has 0 aromatic heterocycles. The molecule has 88 valence electrons. The maximum absolute atomic E-state index is 3.80. The fraction of sp³-hybridized carbons (Fsp3) is 0.857. The van der Waals surface area contributed by atoms with Gasteiger partial charge in [-0.2, -0.15) is 0 Å². The van der Waals surface area contributed by atoms with Crippen LogP contribution in [0.2, 0.25) is 0 Å². The second-order valence-corrected chi connectivity index (χ2v) is 4.83. The maximum Gasteiger partial charge on any atom is -0.00180 e. The van der Waals surface area contributed by atoms with Crippen LogP contribution in [0, 0.1) is 11.8 Å². The summed E-state index contributed by atoms with van der Waals surface area (Å²) >= 11 is 0. The molecule has 2 unspecified atom stereocenters. The second kappa shape index (κ2) is 7.92. The van der Waals surface area contributed by atoms with Crippen molar-refractivity contribution < 1.29 is 0 Å². The lowest BCUT2D eigenvalue weighted by Gasteiger charge is -2.31. The summed E-state index contributed by atoms with van der Waals surface area (Å²) in [5.41, 5.74) is 0. The van der Waals surface area contributed by atoms with Gasteiger partial charge in [-0.1, -0.05) is 32.3 Å². The fourth-order valence-electron chi connectivity index (χ4n) is 2.79. The third-order valence-electron chi connectivity index (χ3n) is 3.71. The van der Waals surface area contributed by atoms with E-state index in [1.54, 1.807) is 0 Å². The van der Waals surface area contributed by atoms with E-state index in [-0.39, 0.29) is 0 Å². The van der Waals surface area contributed by atoms with E-state index in [0.29, 0.717) is 0 Å². The van der Waals surface area contributed by atoms with Crippen molar-refractivity contribution >= 4 is 0 Å². The number of rotatable bonds is 7. The van der Waals surface area contributed by atoms with Crippen molar-refractivity contribution in [1.29, 1.82) is 0 Å². The summed E-state index contributed by atoms with van der Waals surface area (Å²) in [7, 11) is 0. The third kappa shape index (κ3) is 4.83. The van der Waals surface area contributed by atoms with Gasteiger partial charge in [0.15, 0.2) is 0 Å². The monoisotopic (exact) mass is 209 g/mol. The Balaban J connectivity index is 2.25. The Morgan fingerprint density at radius 2 is 2.00 bits per heavy atom. The molecule has 1 N–H and O–H groups in total. The van der Waals surface area contributed by atoms with Gasteiger partial charge >= 0.3 is 0 Å². The zero-order valence-electron chi connectivity index (χ0n) is 10.3. The predicted octanol–water partition coefficient (Wildman–Crippen LogP) is 3.76. The molecule has 1 saturated carbocycles. The molecule has 0 saturated heterocycles. The third-order valence-corrected chi connectivity index (χ3v) is 3.71. The van der Waals surface area contributed by atoms with Crippen LogP contribution < -0.4 is 5.32 Å². The highest BCUT2D eigenvalue weighted by Crippen LogP contribution is 2.33. The minimum atomic E-state index is 0.948. The molecule has 1 aliphatic rings. The zero-order valence-corrected chi connectivity index (χ0v) is 10.3. The highest BCUT2D eigenvalue weighted by atomic mass is 14.8. The molecule has 0 bridgehead atoms. The lowest BCUT2D eigenvalue weighted by molar-refractivity contribution is 0.215. The van der Waals surface area contributed by atoms with Crippen molar-refractivity contribution in [2.75, 3.05) is 13.1 Å². The van der Waals surface area contributed by atoms with Gasteiger partial charge in [0.05, 0.1) is 0 Å². The first-order valence-corrected chi connectivity index (χ1v) is 6.70.